The van der Waals surface area contributed by atoms with Crippen LogP contribution in [0.5, 0.6) is 5.75 Å². The number of halogens is 1. The van der Waals surface area contributed by atoms with Gasteiger partial charge in [0.15, 0.2) is 10.8 Å². The molecule has 2 aliphatic rings. The van der Waals surface area contributed by atoms with Gasteiger partial charge in [-0.3, -0.25) is 13.9 Å². The predicted octanol–water partition coefficient (Wildman–Crippen LogP) is 3.49. The number of benzene rings is 2. The molecule has 1 unspecified atom stereocenters. The number of esters is 1. The Morgan fingerprint density at radius 3 is 2.42 bits per heavy atom. The lowest BCUT2D eigenvalue weighted by atomic mass is 9.94. The Kier molecular flexibility index (Phi) is 6.78. The van der Waals surface area contributed by atoms with Crippen LogP contribution in [0.4, 0.5) is 0 Å². The zero-order chi connectivity index (χ0) is 23.7. The van der Waals surface area contributed by atoms with E-state index < -0.39 is 34.0 Å². The molecule has 4 rings (SSSR count). The third-order valence-corrected chi connectivity index (χ3v) is 7.59. The maximum atomic E-state index is 12.6. The SMILES string of the molecule is CS(=O)c1ccc(OC2=C(C(=O)O)N3C(=O)[C@H](CCOC(=O)c4ccc(Cl)cc4)[C@H]3S2)cc1. The van der Waals surface area contributed by atoms with Crippen molar-refractivity contribution in [3.8, 4) is 5.75 Å². The fraction of sp³-hybridized carbons (Fsp3) is 0.227. The highest BCUT2D eigenvalue weighted by Gasteiger charge is 2.56. The van der Waals surface area contributed by atoms with Crippen LogP contribution in [0.15, 0.2) is 64.2 Å². The smallest absolute Gasteiger partial charge is 0.357 e. The van der Waals surface area contributed by atoms with E-state index in [9.17, 15) is 23.7 Å². The second-order valence-corrected chi connectivity index (χ2v) is 10.1. The summed E-state index contributed by atoms with van der Waals surface area (Å²) in [5, 5.41) is 9.79. The van der Waals surface area contributed by atoms with E-state index in [4.69, 9.17) is 21.1 Å². The Labute approximate surface area is 201 Å². The molecule has 1 fully saturated rings. The Balaban J connectivity index is 1.38. The third kappa shape index (κ3) is 4.78. The maximum absolute atomic E-state index is 12.6. The Bertz CT molecular complexity index is 1160. The lowest BCUT2D eigenvalue weighted by molar-refractivity contribution is -0.152. The molecule has 1 saturated heterocycles. The second-order valence-electron chi connectivity index (χ2n) is 7.22. The summed E-state index contributed by atoms with van der Waals surface area (Å²) in [6.45, 7) is 0.0109. The molecule has 2 heterocycles. The van der Waals surface area contributed by atoms with Crippen LogP contribution in [-0.4, -0.2) is 50.3 Å². The molecule has 0 radical (unpaired) electrons. The van der Waals surface area contributed by atoms with Gasteiger partial charge in [-0.25, -0.2) is 9.59 Å². The van der Waals surface area contributed by atoms with Gasteiger partial charge in [0.05, 0.1) is 18.1 Å². The highest BCUT2D eigenvalue weighted by atomic mass is 35.5. The van der Waals surface area contributed by atoms with E-state index in [0.29, 0.717) is 21.2 Å². The van der Waals surface area contributed by atoms with Crippen molar-refractivity contribution in [3.05, 3.63) is 69.9 Å². The largest absolute Gasteiger partial charge is 0.476 e. The molecule has 0 spiro atoms. The van der Waals surface area contributed by atoms with Crippen molar-refractivity contribution in [3.63, 3.8) is 0 Å². The van der Waals surface area contributed by atoms with Crippen LogP contribution in [0, 0.1) is 5.92 Å². The van der Waals surface area contributed by atoms with E-state index in [2.05, 4.69) is 0 Å². The highest BCUT2D eigenvalue weighted by molar-refractivity contribution is 8.03. The van der Waals surface area contributed by atoms with E-state index in [-0.39, 0.29) is 29.7 Å². The average molecular weight is 508 g/mol. The minimum atomic E-state index is -1.27. The van der Waals surface area contributed by atoms with Crippen molar-refractivity contribution in [1.29, 1.82) is 0 Å². The number of aliphatic carboxylic acids is 1. The van der Waals surface area contributed by atoms with Crippen molar-refractivity contribution in [2.75, 3.05) is 12.9 Å². The fourth-order valence-electron chi connectivity index (χ4n) is 3.44. The van der Waals surface area contributed by atoms with Crippen molar-refractivity contribution >= 4 is 52.0 Å². The van der Waals surface area contributed by atoms with E-state index in [1.807, 2.05) is 0 Å². The number of hydrogen-bond acceptors (Lipinski definition) is 7. The van der Waals surface area contributed by atoms with Gasteiger partial charge in [-0.1, -0.05) is 23.4 Å². The molecule has 2 aliphatic heterocycles. The minimum Gasteiger partial charge on any atom is -0.476 e. The molecule has 0 bridgehead atoms. The molecular weight excluding hydrogens is 490 g/mol. The van der Waals surface area contributed by atoms with Crippen LogP contribution in [0.1, 0.15) is 16.8 Å². The van der Waals surface area contributed by atoms with Gasteiger partial charge in [0, 0.05) is 27.0 Å². The number of carbonyl (C=O) groups excluding carboxylic acids is 2. The maximum Gasteiger partial charge on any atom is 0.357 e. The number of carboxylic acid groups (broad SMARTS) is 1. The molecule has 172 valence electrons. The number of hydrogen-bond donors (Lipinski definition) is 1. The summed E-state index contributed by atoms with van der Waals surface area (Å²) in [5.74, 6) is -2.29. The van der Waals surface area contributed by atoms with Crippen LogP contribution < -0.4 is 4.74 Å². The molecular formula is C22H18ClNO7S2. The quantitative estimate of drug-likeness (QED) is 0.427. The first kappa shape index (κ1) is 23.3. The first-order valence-corrected chi connectivity index (χ1v) is 12.6. The first-order chi connectivity index (χ1) is 15.8. The van der Waals surface area contributed by atoms with Crippen molar-refractivity contribution in [2.45, 2.75) is 16.7 Å². The standard InChI is InChI=1S/C22H18ClNO7S2/c1-33(29)15-8-6-14(7-9-15)31-22-17(20(26)27)24-18(25)16(19(24)32-22)10-11-30-21(28)12-2-4-13(23)5-3-12/h2-9,16,19H,10-11H2,1H3,(H,26,27)/t16-,19+,33?/m0/s1. The molecule has 8 nitrogen and oxygen atoms in total. The van der Waals surface area contributed by atoms with Crippen LogP contribution in [-0.2, 0) is 25.1 Å². The highest BCUT2D eigenvalue weighted by Crippen LogP contribution is 2.50. The van der Waals surface area contributed by atoms with E-state index in [0.717, 1.165) is 11.8 Å². The van der Waals surface area contributed by atoms with Crippen LogP contribution in [0.3, 0.4) is 0 Å². The topological polar surface area (TPSA) is 110 Å². The van der Waals surface area contributed by atoms with Gasteiger partial charge in [0.1, 0.15) is 11.1 Å². The Morgan fingerprint density at radius 1 is 1.15 bits per heavy atom. The number of ether oxygens (including phenoxy) is 2. The second kappa shape index (κ2) is 9.58. The van der Waals surface area contributed by atoms with Crippen LogP contribution in [0.2, 0.25) is 5.02 Å². The number of carbonyl (C=O) groups is 3. The van der Waals surface area contributed by atoms with Gasteiger partial charge in [0.2, 0.25) is 5.91 Å². The number of fused-ring (bicyclic) bond motifs is 1. The number of nitrogens with zero attached hydrogens (tertiary/aromatic N) is 1. The van der Waals surface area contributed by atoms with Crippen molar-refractivity contribution < 1.29 is 33.2 Å². The van der Waals surface area contributed by atoms with Gasteiger partial charge in [-0.05, 0) is 55.0 Å². The zero-order valence-electron chi connectivity index (χ0n) is 17.2. The molecule has 11 heteroatoms. The lowest BCUT2D eigenvalue weighted by Crippen LogP contribution is -2.57. The van der Waals surface area contributed by atoms with Gasteiger partial charge < -0.3 is 14.6 Å². The Morgan fingerprint density at radius 2 is 1.82 bits per heavy atom. The summed E-state index contributed by atoms with van der Waals surface area (Å²) in [6.07, 6.45) is 1.81. The molecule has 0 aromatic heterocycles. The minimum absolute atomic E-state index is 0.0109. The fourth-order valence-corrected chi connectivity index (χ4v) is 5.48. The third-order valence-electron chi connectivity index (χ3n) is 5.13. The summed E-state index contributed by atoms with van der Waals surface area (Å²) < 4.78 is 22.5. The summed E-state index contributed by atoms with van der Waals surface area (Å²) in [4.78, 5) is 38.4. The monoisotopic (exact) mass is 507 g/mol. The van der Waals surface area contributed by atoms with E-state index >= 15 is 0 Å². The van der Waals surface area contributed by atoms with Gasteiger partial charge >= 0.3 is 11.9 Å². The number of thioether (sulfide) groups is 1. The first-order valence-electron chi connectivity index (χ1n) is 9.77. The number of amides is 1. The zero-order valence-corrected chi connectivity index (χ0v) is 19.6. The molecule has 1 amide bonds. The van der Waals surface area contributed by atoms with Crippen LogP contribution >= 0.6 is 23.4 Å². The van der Waals surface area contributed by atoms with Gasteiger partial charge in [-0.15, -0.1) is 0 Å². The molecule has 3 atom stereocenters. The van der Waals surface area contributed by atoms with Crippen molar-refractivity contribution in [1.82, 2.24) is 4.90 Å². The summed E-state index contributed by atoms with van der Waals surface area (Å²) >= 11 is 6.95. The van der Waals surface area contributed by atoms with Gasteiger partial charge in [0.25, 0.3) is 0 Å². The molecule has 33 heavy (non-hydrogen) atoms. The molecule has 0 saturated carbocycles. The molecule has 1 N–H and O–H groups in total. The molecule has 2 aromatic carbocycles. The lowest BCUT2D eigenvalue weighted by Gasteiger charge is -2.41. The predicted molar refractivity (Wildman–Crippen MR) is 122 cm³/mol. The normalized spacial score (nSPS) is 20.2. The average Bonchev–Trinajstić information content (AvgIpc) is 3.12. The Hall–Kier alpha value is -2.82. The number of carboxylic acids is 1. The van der Waals surface area contributed by atoms with Gasteiger partial charge in [-0.2, -0.15) is 0 Å². The van der Waals surface area contributed by atoms with E-state index in [1.54, 1.807) is 54.8 Å². The van der Waals surface area contributed by atoms with Crippen molar-refractivity contribution in [2.24, 2.45) is 5.92 Å². The van der Waals surface area contributed by atoms with Crippen LogP contribution in [0.25, 0.3) is 0 Å². The molecule has 0 aliphatic carbocycles. The summed E-state index contributed by atoms with van der Waals surface area (Å²) in [7, 11) is -1.15. The van der Waals surface area contributed by atoms with E-state index in [1.165, 1.54) is 4.90 Å². The summed E-state index contributed by atoms with van der Waals surface area (Å²) in [6, 6.07) is 12.7. The number of rotatable bonds is 8. The number of β-lactam (4-membered cyclic amide) rings is 1. The molecule has 2 aromatic rings. The summed E-state index contributed by atoms with van der Waals surface area (Å²) in [5.41, 5.74) is 0.132.